The largest absolute Gasteiger partial charge is 0.383 e. The highest BCUT2D eigenvalue weighted by atomic mass is 32.1. The molecule has 0 saturated heterocycles. The minimum atomic E-state index is -0.458. The summed E-state index contributed by atoms with van der Waals surface area (Å²) in [5.41, 5.74) is 2.10. The SMILES string of the molecule is CCc1nnsc1C(O)C1=CCCCC1. The van der Waals surface area contributed by atoms with E-state index in [1.807, 2.05) is 6.92 Å². The van der Waals surface area contributed by atoms with Gasteiger partial charge in [-0.25, -0.2) is 0 Å². The van der Waals surface area contributed by atoms with Gasteiger partial charge >= 0.3 is 0 Å². The first-order valence-corrected chi connectivity index (χ1v) is 6.28. The summed E-state index contributed by atoms with van der Waals surface area (Å²) in [6.07, 6.45) is 7.11. The van der Waals surface area contributed by atoms with Gasteiger partial charge in [0.05, 0.1) is 10.6 Å². The van der Waals surface area contributed by atoms with Gasteiger partial charge in [-0.3, -0.25) is 0 Å². The average molecular weight is 224 g/mol. The van der Waals surface area contributed by atoms with Crippen LogP contribution in [-0.2, 0) is 6.42 Å². The van der Waals surface area contributed by atoms with Crippen molar-refractivity contribution in [2.24, 2.45) is 0 Å². The van der Waals surface area contributed by atoms with Gasteiger partial charge in [0.15, 0.2) is 0 Å². The summed E-state index contributed by atoms with van der Waals surface area (Å²) < 4.78 is 3.91. The van der Waals surface area contributed by atoms with E-state index in [0.29, 0.717) is 0 Å². The van der Waals surface area contributed by atoms with Crippen LogP contribution >= 0.6 is 11.5 Å². The Morgan fingerprint density at radius 2 is 2.40 bits per heavy atom. The molecule has 0 fully saturated rings. The van der Waals surface area contributed by atoms with Gasteiger partial charge in [-0.2, -0.15) is 0 Å². The molecule has 2 rings (SSSR count). The second-order valence-electron chi connectivity index (χ2n) is 3.86. The summed E-state index contributed by atoms with van der Waals surface area (Å²) in [7, 11) is 0. The summed E-state index contributed by atoms with van der Waals surface area (Å²) in [5, 5.41) is 14.2. The summed E-state index contributed by atoms with van der Waals surface area (Å²) in [5.74, 6) is 0. The standard InChI is InChI=1S/C11H16N2OS/c1-2-9-11(15-13-12-9)10(14)8-6-4-3-5-7-8/h6,10,14H,2-5,7H2,1H3. The van der Waals surface area contributed by atoms with Crippen molar-refractivity contribution < 1.29 is 5.11 Å². The third kappa shape index (κ3) is 2.26. The highest BCUT2D eigenvalue weighted by Gasteiger charge is 2.20. The number of hydrogen-bond donors (Lipinski definition) is 1. The Morgan fingerprint density at radius 1 is 1.53 bits per heavy atom. The molecule has 1 aliphatic rings. The van der Waals surface area contributed by atoms with Crippen LogP contribution in [0.5, 0.6) is 0 Å². The summed E-state index contributed by atoms with van der Waals surface area (Å²) in [6.45, 7) is 2.04. The molecule has 1 aromatic heterocycles. The minimum absolute atomic E-state index is 0.458. The zero-order valence-corrected chi connectivity index (χ0v) is 9.76. The van der Waals surface area contributed by atoms with Crippen molar-refractivity contribution in [3.63, 3.8) is 0 Å². The highest BCUT2D eigenvalue weighted by molar-refractivity contribution is 7.05. The molecule has 1 heterocycles. The van der Waals surface area contributed by atoms with E-state index in [0.717, 1.165) is 35.4 Å². The highest BCUT2D eigenvalue weighted by Crippen LogP contribution is 2.32. The van der Waals surface area contributed by atoms with Gasteiger partial charge in [0, 0.05) is 0 Å². The van der Waals surface area contributed by atoms with Crippen LogP contribution < -0.4 is 0 Å². The predicted molar refractivity (Wildman–Crippen MR) is 60.8 cm³/mol. The third-order valence-corrected chi connectivity index (χ3v) is 3.66. The zero-order chi connectivity index (χ0) is 10.7. The van der Waals surface area contributed by atoms with Gasteiger partial charge in [-0.05, 0) is 49.2 Å². The van der Waals surface area contributed by atoms with Crippen LogP contribution in [0.4, 0.5) is 0 Å². The van der Waals surface area contributed by atoms with E-state index in [4.69, 9.17) is 0 Å². The second kappa shape index (κ2) is 4.86. The fraction of sp³-hybridized carbons (Fsp3) is 0.636. The minimum Gasteiger partial charge on any atom is -0.383 e. The Morgan fingerprint density at radius 3 is 3.07 bits per heavy atom. The molecular formula is C11H16N2OS. The number of nitrogens with zero attached hydrogens (tertiary/aromatic N) is 2. The first-order valence-electron chi connectivity index (χ1n) is 5.51. The number of aryl methyl sites for hydroxylation is 1. The lowest BCUT2D eigenvalue weighted by atomic mass is 9.94. The van der Waals surface area contributed by atoms with Crippen LogP contribution in [0.25, 0.3) is 0 Å². The van der Waals surface area contributed by atoms with Gasteiger partial charge < -0.3 is 5.11 Å². The topological polar surface area (TPSA) is 46.0 Å². The molecule has 0 spiro atoms. The van der Waals surface area contributed by atoms with Crippen LogP contribution in [0.3, 0.4) is 0 Å². The predicted octanol–water partition coefficient (Wildman–Crippen LogP) is 2.63. The van der Waals surface area contributed by atoms with E-state index in [2.05, 4.69) is 15.7 Å². The van der Waals surface area contributed by atoms with Gasteiger partial charge in [-0.15, -0.1) is 5.10 Å². The first-order chi connectivity index (χ1) is 7.33. The molecular weight excluding hydrogens is 208 g/mol. The first kappa shape index (κ1) is 10.8. The molecule has 0 bridgehead atoms. The molecule has 15 heavy (non-hydrogen) atoms. The molecule has 4 heteroatoms. The maximum Gasteiger partial charge on any atom is 0.113 e. The maximum atomic E-state index is 10.2. The lowest BCUT2D eigenvalue weighted by Gasteiger charge is -2.17. The molecule has 0 aromatic carbocycles. The fourth-order valence-electron chi connectivity index (χ4n) is 1.95. The van der Waals surface area contributed by atoms with Crippen molar-refractivity contribution in [1.82, 2.24) is 9.59 Å². The molecule has 1 aromatic rings. The molecule has 0 aliphatic heterocycles. The number of aliphatic hydroxyl groups is 1. The van der Waals surface area contributed by atoms with Gasteiger partial charge in [-0.1, -0.05) is 17.5 Å². The Balaban J connectivity index is 2.19. The molecule has 1 atom stereocenters. The number of rotatable bonds is 3. The molecule has 0 amide bonds. The summed E-state index contributed by atoms with van der Waals surface area (Å²) in [6, 6.07) is 0. The Labute approximate surface area is 94.0 Å². The van der Waals surface area contributed by atoms with E-state index >= 15 is 0 Å². The van der Waals surface area contributed by atoms with E-state index in [9.17, 15) is 5.11 Å². The fourth-order valence-corrected chi connectivity index (χ4v) is 2.72. The van der Waals surface area contributed by atoms with Gasteiger partial charge in [0.1, 0.15) is 6.10 Å². The lowest BCUT2D eigenvalue weighted by molar-refractivity contribution is 0.211. The van der Waals surface area contributed by atoms with Gasteiger partial charge in [0.25, 0.3) is 0 Å². The molecule has 1 aliphatic carbocycles. The summed E-state index contributed by atoms with van der Waals surface area (Å²) >= 11 is 1.32. The lowest BCUT2D eigenvalue weighted by Crippen LogP contribution is -2.05. The Kier molecular flexibility index (Phi) is 3.49. The molecule has 1 unspecified atom stereocenters. The van der Waals surface area contributed by atoms with E-state index in [1.165, 1.54) is 24.4 Å². The van der Waals surface area contributed by atoms with Crippen molar-refractivity contribution in [3.05, 3.63) is 22.2 Å². The smallest absolute Gasteiger partial charge is 0.113 e. The number of aromatic nitrogens is 2. The van der Waals surface area contributed by atoms with Crippen molar-refractivity contribution in [3.8, 4) is 0 Å². The van der Waals surface area contributed by atoms with Crippen LogP contribution in [-0.4, -0.2) is 14.7 Å². The number of hydrogen-bond acceptors (Lipinski definition) is 4. The van der Waals surface area contributed by atoms with Crippen LogP contribution in [0.15, 0.2) is 11.6 Å². The molecule has 1 N–H and O–H groups in total. The Hall–Kier alpha value is -0.740. The average Bonchev–Trinajstić information content (AvgIpc) is 2.77. The molecule has 0 saturated carbocycles. The Bertz CT molecular complexity index is 359. The number of allylic oxidation sites excluding steroid dienone is 1. The third-order valence-electron chi connectivity index (χ3n) is 2.85. The van der Waals surface area contributed by atoms with Gasteiger partial charge in [0.2, 0.25) is 0 Å². The summed E-state index contributed by atoms with van der Waals surface area (Å²) in [4.78, 5) is 0.936. The quantitative estimate of drug-likeness (QED) is 0.803. The van der Waals surface area contributed by atoms with Crippen molar-refractivity contribution in [1.29, 1.82) is 0 Å². The zero-order valence-electron chi connectivity index (χ0n) is 8.94. The second-order valence-corrected chi connectivity index (χ2v) is 4.65. The number of aliphatic hydroxyl groups excluding tert-OH is 1. The molecule has 3 nitrogen and oxygen atoms in total. The van der Waals surface area contributed by atoms with Crippen molar-refractivity contribution >= 4 is 11.5 Å². The molecule has 0 radical (unpaired) electrons. The van der Waals surface area contributed by atoms with Crippen LogP contribution in [0.1, 0.15) is 49.3 Å². The normalized spacial score (nSPS) is 18.7. The maximum absolute atomic E-state index is 10.2. The molecule has 82 valence electrons. The van der Waals surface area contributed by atoms with Crippen LogP contribution in [0.2, 0.25) is 0 Å². The van der Waals surface area contributed by atoms with E-state index in [-0.39, 0.29) is 0 Å². The van der Waals surface area contributed by atoms with Crippen molar-refractivity contribution in [2.75, 3.05) is 0 Å². The van der Waals surface area contributed by atoms with Crippen LogP contribution in [0, 0.1) is 0 Å². The van der Waals surface area contributed by atoms with E-state index in [1.54, 1.807) is 0 Å². The monoisotopic (exact) mass is 224 g/mol. The van der Waals surface area contributed by atoms with Crippen molar-refractivity contribution in [2.45, 2.75) is 45.1 Å². The van der Waals surface area contributed by atoms with E-state index < -0.39 is 6.10 Å².